The summed E-state index contributed by atoms with van der Waals surface area (Å²) in [4.78, 5) is 0. The summed E-state index contributed by atoms with van der Waals surface area (Å²) in [6.07, 6.45) is 0.923. The summed E-state index contributed by atoms with van der Waals surface area (Å²) in [7, 11) is 0. The van der Waals surface area contributed by atoms with Crippen LogP contribution >= 0.6 is 34.5 Å². The fraction of sp³-hybridized carbons (Fsp3) is 0.200. The minimum Gasteiger partial charge on any atom is -0.142 e. The fourth-order valence-corrected chi connectivity index (χ4v) is 3.01. The second-order valence-corrected chi connectivity index (χ2v) is 4.55. The third-order valence-electron chi connectivity index (χ3n) is 2.09. The predicted molar refractivity (Wildman–Crippen MR) is 61.2 cm³/mol. The molecule has 0 radical (unpaired) electrons. The predicted octanol–water partition coefficient (Wildman–Crippen LogP) is 4.77. The third kappa shape index (κ3) is 1.45. The maximum Gasteiger partial charge on any atom is 0.0617 e. The number of aryl methyl sites for hydroxylation is 1. The molecule has 0 fully saturated rings. The lowest BCUT2D eigenvalue weighted by Gasteiger charge is -2.03. The van der Waals surface area contributed by atoms with E-state index >= 15 is 0 Å². The highest BCUT2D eigenvalue weighted by molar-refractivity contribution is 7.18. The highest BCUT2D eigenvalue weighted by Crippen LogP contribution is 2.36. The molecule has 0 aliphatic carbocycles. The Morgan fingerprint density at radius 1 is 1.38 bits per heavy atom. The smallest absolute Gasteiger partial charge is 0.0617 e. The number of hydrogen-bond acceptors (Lipinski definition) is 1. The molecule has 0 unspecified atom stereocenters. The van der Waals surface area contributed by atoms with Crippen LogP contribution in [-0.2, 0) is 6.42 Å². The summed E-state index contributed by atoms with van der Waals surface area (Å²) in [6.45, 7) is 2.08. The van der Waals surface area contributed by atoms with Crippen LogP contribution in [0.2, 0.25) is 10.0 Å². The van der Waals surface area contributed by atoms with Crippen molar-refractivity contribution in [2.75, 3.05) is 0 Å². The van der Waals surface area contributed by atoms with E-state index in [2.05, 4.69) is 6.92 Å². The molecule has 3 heteroatoms. The maximum atomic E-state index is 6.21. The molecule has 13 heavy (non-hydrogen) atoms. The van der Waals surface area contributed by atoms with E-state index in [4.69, 9.17) is 23.2 Å². The normalized spacial score (nSPS) is 11.0. The van der Waals surface area contributed by atoms with Crippen molar-refractivity contribution < 1.29 is 0 Å². The molecule has 0 spiro atoms. The lowest BCUT2D eigenvalue weighted by atomic mass is 10.1. The number of halogens is 2. The summed E-state index contributed by atoms with van der Waals surface area (Å²) >= 11 is 14.0. The van der Waals surface area contributed by atoms with Crippen molar-refractivity contribution in [1.82, 2.24) is 0 Å². The van der Waals surface area contributed by atoms with Crippen LogP contribution in [0.1, 0.15) is 12.5 Å². The van der Waals surface area contributed by atoms with E-state index in [9.17, 15) is 0 Å². The minimum absolute atomic E-state index is 0.803. The summed E-state index contributed by atoms with van der Waals surface area (Å²) in [5.41, 5.74) is 1.13. The van der Waals surface area contributed by atoms with Crippen LogP contribution in [0.5, 0.6) is 0 Å². The Morgan fingerprint density at radius 3 is 2.85 bits per heavy atom. The molecule has 1 aromatic heterocycles. The Hall–Kier alpha value is -0.240. The number of benzene rings is 1. The van der Waals surface area contributed by atoms with Crippen molar-refractivity contribution in [2.24, 2.45) is 0 Å². The van der Waals surface area contributed by atoms with Crippen LogP contribution in [0, 0.1) is 0 Å². The van der Waals surface area contributed by atoms with Crippen LogP contribution in [-0.4, -0.2) is 0 Å². The Bertz CT molecular complexity index is 445. The van der Waals surface area contributed by atoms with Gasteiger partial charge in [0.2, 0.25) is 0 Å². The van der Waals surface area contributed by atoms with E-state index in [1.54, 1.807) is 11.3 Å². The summed E-state index contributed by atoms with van der Waals surface area (Å²) in [5.74, 6) is 0. The summed E-state index contributed by atoms with van der Waals surface area (Å²) in [6, 6.07) is 3.96. The molecule has 2 aromatic rings. The van der Waals surface area contributed by atoms with E-state index in [-0.39, 0.29) is 0 Å². The molecule has 0 saturated heterocycles. The first kappa shape index (κ1) is 9.32. The molecular weight excluding hydrogens is 223 g/mol. The van der Waals surface area contributed by atoms with Gasteiger partial charge in [-0.25, -0.2) is 0 Å². The number of fused-ring (bicyclic) bond motifs is 1. The van der Waals surface area contributed by atoms with Crippen molar-refractivity contribution in [3.8, 4) is 0 Å². The van der Waals surface area contributed by atoms with Gasteiger partial charge in [-0.1, -0.05) is 30.1 Å². The molecule has 0 saturated carbocycles. The van der Waals surface area contributed by atoms with Crippen LogP contribution in [0.15, 0.2) is 17.5 Å². The molecule has 0 nitrogen and oxygen atoms in total. The van der Waals surface area contributed by atoms with Gasteiger partial charge in [0.05, 0.1) is 9.72 Å². The van der Waals surface area contributed by atoms with Gasteiger partial charge in [-0.05, 0) is 29.5 Å². The van der Waals surface area contributed by atoms with Gasteiger partial charge in [0.15, 0.2) is 0 Å². The standard InChI is InChI=1S/C10H8Cl2S/c1-2-6-5-8(11)7-3-4-13-10(7)9(6)12/h3-5H,2H2,1H3. The van der Waals surface area contributed by atoms with Crippen LogP contribution < -0.4 is 0 Å². The van der Waals surface area contributed by atoms with Crippen molar-refractivity contribution in [2.45, 2.75) is 13.3 Å². The number of thiophene rings is 1. The zero-order valence-electron chi connectivity index (χ0n) is 7.10. The average Bonchev–Trinajstić information content (AvgIpc) is 2.60. The molecule has 0 aliphatic rings. The first-order valence-corrected chi connectivity index (χ1v) is 5.71. The second-order valence-electron chi connectivity index (χ2n) is 2.85. The fourth-order valence-electron chi connectivity index (χ4n) is 1.36. The van der Waals surface area contributed by atoms with Gasteiger partial charge < -0.3 is 0 Å². The maximum absolute atomic E-state index is 6.21. The van der Waals surface area contributed by atoms with Crippen LogP contribution in [0.4, 0.5) is 0 Å². The molecule has 0 bridgehead atoms. The monoisotopic (exact) mass is 230 g/mol. The molecule has 68 valence electrons. The average molecular weight is 231 g/mol. The minimum atomic E-state index is 0.803. The quantitative estimate of drug-likeness (QED) is 0.663. The first-order chi connectivity index (χ1) is 6.24. The Kier molecular flexibility index (Phi) is 2.50. The van der Waals surface area contributed by atoms with E-state index in [0.717, 1.165) is 32.1 Å². The van der Waals surface area contributed by atoms with Gasteiger partial charge in [-0.3, -0.25) is 0 Å². The zero-order valence-corrected chi connectivity index (χ0v) is 9.43. The molecule has 0 aliphatic heterocycles. The lowest BCUT2D eigenvalue weighted by molar-refractivity contribution is 1.15. The number of hydrogen-bond donors (Lipinski definition) is 0. The number of rotatable bonds is 1. The van der Waals surface area contributed by atoms with Crippen LogP contribution in [0.25, 0.3) is 10.1 Å². The van der Waals surface area contributed by atoms with E-state index in [0.29, 0.717) is 0 Å². The van der Waals surface area contributed by atoms with E-state index in [1.165, 1.54) is 0 Å². The van der Waals surface area contributed by atoms with Crippen molar-refractivity contribution in [1.29, 1.82) is 0 Å². The van der Waals surface area contributed by atoms with E-state index in [1.807, 2.05) is 17.5 Å². The van der Waals surface area contributed by atoms with Crippen LogP contribution in [0.3, 0.4) is 0 Å². The lowest BCUT2D eigenvalue weighted by Crippen LogP contribution is -1.82. The van der Waals surface area contributed by atoms with Gasteiger partial charge in [-0.15, -0.1) is 11.3 Å². The molecule has 1 heterocycles. The van der Waals surface area contributed by atoms with Gasteiger partial charge in [0.1, 0.15) is 0 Å². The zero-order chi connectivity index (χ0) is 9.42. The summed E-state index contributed by atoms with van der Waals surface area (Å²) < 4.78 is 1.10. The Labute approximate surface area is 91.1 Å². The molecule has 1 aromatic carbocycles. The van der Waals surface area contributed by atoms with Crippen molar-refractivity contribution in [3.63, 3.8) is 0 Å². The topological polar surface area (TPSA) is 0 Å². The molecular formula is C10H8Cl2S. The molecule has 0 N–H and O–H groups in total. The molecule has 2 rings (SSSR count). The van der Waals surface area contributed by atoms with E-state index < -0.39 is 0 Å². The van der Waals surface area contributed by atoms with Crippen molar-refractivity contribution >= 4 is 44.6 Å². The Balaban J connectivity index is 2.85. The molecule has 0 atom stereocenters. The highest BCUT2D eigenvalue weighted by atomic mass is 35.5. The second kappa shape index (κ2) is 3.49. The van der Waals surface area contributed by atoms with Gasteiger partial charge in [0, 0.05) is 10.4 Å². The van der Waals surface area contributed by atoms with Gasteiger partial charge in [-0.2, -0.15) is 0 Å². The largest absolute Gasteiger partial charge is 0.142 e. The van der Waals surface area contributed by atoms with Gasteiger partial charge >= 0.3 is 0 Å². The Morgan fingerprint density at radius 2 is 2.15 bits per heavy atom. The van der Waals surface area contributed by atoms with Gasteiger partial charge in [0.25, 0.3) is 0 Å². The first-order valence-electron chi connectivity index (χ1n) is 4.08. The molecule has 0 amide bonds. The summed E-state index contributed by atoms with van der Waals surface area (Å²) in [5, 5.41) is 4.74. The third-order valence-corrected chi connectivity index (χ3v) is 3.87. The highest BCUT2D eigenvalue weighted by Gasteiger charge is 2.08. The SMILES string of the molecule is CCc1cc(Cl)c2ccsc2c1Cl. The van der Waals surface area contributed by atoms with Crippen molar-refractivity contribution in [3.05, 3.63) is 33.1 Å².